The van der Waals surface area contributed by atoms with Crippen molar-refractivity contribution in [1.29, 1.82) is 0 Å². The van der Waals surface area contributed by atoms with Gasteiger partial charge < -0.3 is 5.11 Å². The summed E-state index contributed by atoms with van der Waals surface area (Å²) < 4.78 is 1.76. The van der Waals surface area contributed by atoms with Crippen molar-refractivity contribution in [1.82, 2.24) is 19.7 Å². The predicted octanol–water partition coefficient (Wildman–Crippen LogP) is 3.86. The minimum atomic E-state index is -0.804. The van der Waals surface area contributed by atoms with Crippen LogP contribution in [0.4, 0.5) is 0 Å². The second-order valence-corrected chi connectivity index (χ2v) is 7.30. The molecule has 0 saturated carbocycles. The first-order valence-corrected chi connectivity index (χ1v) is 8.71. The number of pyridine rings is 2. The fourth-order valence-corrected chi connectivity index (χ4v) is 3.84. The van der Waals surface area contributed by atoms with Crippen LogP contribution in [0.3, 0.4) is 0 Å². The quantitative estimate of drug-likeness (QED) is 0.616. The summed E-state index contributed by atoms with van der Waals surface area (Å²) in [5, 5.41) is 16.8. The molecule has 24 heavy (non-hydrogen) atoms. The molecule has 6 heteroatoms. The topological polar surface area (TPSA) is 63.8 Å². The van der Waals surface area contributed by atoms with E-state index in [0.717, 1.165) is 37.4 Å². The lowest BCUT2D eigenvalue weighted by molar-refractivity contribution is 0.0570. The highest BCUT2D eigenvalue weighted by Crippen LogP contribution is 2.35. The van der Waals surface area contributed by atoms with Crippen molar-refractivity contribution >= 4 is 32.6 Å². The van der Waals surface area contributed by atoms with E-state index < -0.39 is 5.60 Å². The molecule has 5 nitrogen and oxygen atoms in total. The Morgan fingerprint density at radius 2 is 2.08 bits per heavy atom. The van der Waals surface area contributed by atoms with Gasteiger partial charge in [0, 0.05) is 40.7 Å². The third-order valence-corrected chi connectivity index (χ3v) is 5.67. The molecule has 0 aliphatic heterocycles. The molecular weight excluding hydrogens is 320 g/mol. The molecule has 1 N–H and O–H groups in total. The summed E-state index contributed by atoms with van der Waals surface area (Å²) >= 11 is 1.55. The average Bonchev–Trinajstić information content (AvgIpc) is 3.15. The molecule has 4 heterocycles. The van der Waals surface area contributed by atoms with E-state index in [9.17, 15) is 5.11 Å². The maximum atomic E-state index is 10.5. The highest BCUT2D eigenvalue weighted by atomic mass is 32.1. The summed E-state index contributed by atoms with van der Waals surface area (Å²) in [5.74, 6) is 0. The number of thiophene rings is 1. The number of rotatable bonds is 3. The fourth-order valence-electron chi connectivity index (χ4n) is 2.69. The number of hydrogen-bond donors (Lipinski definition) is 1. The van der Waals surface area contributed by atoms with Gasteiger partial charge in [0.05, 0.1) is 11.3 Å². The maximum Gasteiger partial charge on any atom is 0.181 e. The van der Waals surface area contributed by atoms with E-state index in [1.165, 1.54) is 0 Å². The number of aryl methyl sites for hydroxylation is 1. The van der Waals surface area contributed by atoms with E-state index in [2.05, 4.69) is 22.2 Å². The van der Waals surface area contributed by atoms with Gasteiger partial charge in [-0.05, 0) is 37.6 Å². The largest absolute Gasteiger partial charge is 0.385 e. The lowest BCUT2D eigenvalue weighted by atomic mass is 10.0. The lowest BCUT2D eigenvalue weighted by Crippen LogP contribution is -2.17. The Kier molecular flexibility index (Phi) is 3.40. The van der Waals surface area contributed by atoms with E-state index in [-0.39, 0.29) is 0 Å². The number of fused-ring (bicyclic) bond motifs is 2. The Bertz CT molecular complexity index is 1050. The Balaban J connectivity index is 1.81. The molecule has 0 radical (unpaired) electrons. The molecule has 0 amide bonds. The average molecular weight is 338 g/mol. The van der Waals surface area contributed by atoms with Crippen molar-refractivity contribution in [3.05, 3.63) is 41.5 Å². The molecule has 0 bridgehead atoms. The van der Waals surface area contributed by atoms with E-state index in [4.69, 9.17) is 4.98 Å². The third kappa shape index (κ3) is 2.48. The van der Waals surface area contributed by atoms with Crippen LogP contribution in [-0.4, -0.2) is 24.9 Å². The van der Waals surface area contributed by atoms with Crippen molar-refractivity contribution < 1.29 is 5.11 Å². The van der Waals surface area contributed by atoms with Gasteiger partial charge >= 0.3 is 0 Å². The van der Waals surface area contributed by atoms with Gasteiger partial charge in [-0.2, -0.15) is 5.10 Å². The van der Waals surface area contributed by atoms with Crippen molar-refractivity contribution in [3.8, 4) is 11.3 Å². The number of aliphatic hydroxyl groups is 1. The van der Waals surface area contributed by atoms with Gasteiger partial charge in [-0.15, -0.1) is 11.3 Å². The van der Waals surface area contributed by atoms with Crippen LogP contribution >= 0.6 is 11.3 Å². The molecule has 4 aromatic heterocycles. The van der Waals surface area contributed by atoms with Crippen LogP contribution in [0.5, 0.6) is 0 Å². The zero-order valence-electron chi connectivity index (χ0n) is 13.8. The van der Waals surface area contributed by atoms with Gasteiger partial charge in [-0.25, -0.2) is 9.97 Å². The van der Waals surface area contributed by atoms with Crippen LogP contribution in [0.25, 0.3) is 32.5 Å². The number of nitrogens with zero attached hydrogens (tertiary/aromatic N) is 4. The summed E-state index contributed by atoms with van der Waals surface area (Å²) in [5.41, 5.74) is 1.78. The number of hydrogen-bond acceptors (Lipinski definition) is 5. The van der Waals surface area contributed by atoms with Crippen molar-refractivity contribution in [2.45, 2.75) is 25.9 Å². The molecule has 0 unspecified atom stereocenters. The van der Waals surface area contributed by atoms with Crippen LogP contribution in [0.1, 0.15) is 25.1 Å². The standard InChI is InChI=1S/C18H18N4OS/c1-4-18(2,23)15-8-11-5-6-14(20-17(11)24-15)12-7-13-10-22(3)21-16(13)19-9-12/h5-10,23H,4H2,1-3H3/t18-/m0/s1. The van der Waals surface area contributed by atoms with Crippen LogP contribution in [0, 0.1) is 0 Å². The van der Waals surface area contributed by atoms with E-state index in [0.29, 0.717) is 6.42 Å². The molecule has 1 atom stereocenters. The summed E-state index contributed by atoms with van der Waals surface area (Å²) in [7, 11) is 1.89. The van der Waals surface area contributed by atoms with Crippen LogP contribution < -0.4 is 0 Å². The molecule has 0 saturated heterocycles. The van der Waals surface area contributed by atoms with Gasteiger partial charge in [0.1, 0.15) is 4.83 Å². The second-order valence-electron chi connectivity index (χ2n) is 6.27. The van der Waals surface area contributed by atoms with Gasteiger partial charge in [0.15, 0.2) is 5.65 Å². The fraction of sp³-hybridized carbons (Fsp3) is 0.278. The molecular formula is C18H18N4OS. The highest BCUT2D eigenvalue weighted by Gasteiger charge is 2.23. The van der Waals surface area contributed by atoms with Gasteiger partial charge in [-0.3, -0.25) is 4.68 Å². The van der Waals surface area contributed by atoms with Crippen LogP contribution in [-0.2, 0) is 12.6 Å². The molecule has 122 valence electrons. The molecule has 4 aromatic rings. The zero-order chi connectivity index (χ0) is 16.9. The minimum Gasteiger partial charge on any atom is -0.385 e. The summed E-state index contributed by atoms with van der Waals surface area (Å²) in [6.45, 7) is 3.83. The third-order valence-electron chi connectivity index (χ3n) is 4.37. The van der Waals surface area contributed by atoms with E-state index >= 15 is 0 Å². The maximum absolute atomic E-state index is 10.5. The summed E-state index contributed by atoms with van der Waals surface area (Å²) in [6, 6.07) is 8.14. The first kappa shape index (κ1) is 15.2. The van der Waals surface area contributed by atoms with Crippen LogP contribution in [0.15, 0.2) is 36.7 Å². The monoisotopic (exact) mass is 338 g/mol. The summed E-state index contributed by atoms with van der Waals surface area (Å²) in [6.07, 6.45) is 4.43. The number of aromatic nitrogens is 4. The van der Waals surface area contributed by atoms with Crippen molar-refractivity contribution in [3.63, 3.8) is 0 Å². The predicted molar refractivity (Wildman–Crippen MR) is 97.0 cm³/mol. The SMILES string of the molecule is CC[C@](C)(O)c1cc2ccc(-c3cnc4nn(C)cc4c3)nc2s1. The van der Waals surface area contributed by atoms with E-state index in [1.54, 1.807) is 22.2 Å². The smallest absolute Gasteiger partial charge is 0.181 e. The Morgan fingerprint density at radius 1 is 1.25 bits per heavy atom. The zero-order valence-corrected chi connectivity index (χ0v) is 14.6. The van der Waals surface area contributed by atoms with Gasteiger partial charge in [0.2, 0.25) is 0 Å². The molecule has 0 aromatic carbocycles. The van der Waals surface area contributed by atoms with E-state index in [1.807, 2.05) is 39.2 Å². The first-order valence-electron chi connectivity index (χ1n) is 7.89. The Labute approximate surface area is 143 Å². The normalized spacial score (nSPS) is 14.3. The van der Waals surface area contributed by atoms with Gasteiger partial charge in [0.25, 0.3) is 0 Å². The van der Waals surface area contributed by atoms with Crippen molar-refractivity contribution in [2.75, 3.05) is 0 Å². The van der Waals surface area contributed by atoms with Gasteiger partial charge in [-0.1, -0.05) is 6.92 Å². The first-order chi connectivity index (χ1) is 11.5. The Morgan fingerprint density at radius 3 is 2.88 bits per heavy atom. The minimum absolute atomic E-state index is 0.675. The second kappa shape index (κ2) is 5.36. The summed E-state index contributed by atoms with van der Waals surface area (Å²) in [4.78, 5) is 11.1. The molecule has 0 fully saturated rings. The molecule has 4 rings (SSSR count). The Hall–Kier alpha value is -2.31. The lowest BCUT2D eigenvalue weighted by Gasteiger charge is -2.18. The van der Waals surface area contributed by atoms with Crippen molar-refractivity contribution in [2.24, 2.45) is 7.05 Å². The molecule has 0 aliphatic rings. The molecule has 0 spiro atoms. The molecule has 0 aliphatic carbocycles. The van der Waals surface area contributed by atoms with Crippen LogP contribution in [0.2, 0.25) is 0 Å². The highest BCUT2D eigenvalue weighted by molar-refractivity contribution is 7.18.